The van der Waals surface area contributed by atoms with Crippen LogP contribution in [0.2, 0.25) is 0 Å². The molecule has 0 heterocycles. The third-order valence-corrected chi connectivity index (χ3v) is 4.61. The van der Waals surface area contributed by atoms with Crippen molar-refractivity contribution in [2.45, 2.75) is 56.8 Å². The fourth-order valence-corrected chi connectivity index (χ4v) is 3.40. The number of aliphatic hydroxyl groups is 3. The molecule has 2 saturated carbocycles. The summed E-state index contributed by atoms with van der Waals surface area (Å²) in [5, 5.41) is 31.8. The molecule has 0 spiro atoms. The van der Waals surface area contributed by atoms with Crippen LogP contribution in [0.1, 0.15) is 39.0 Å². The van der Waals surface area contributed by atoms with Gasteiger partial charge in [-0.3, -0.25) is 4.79 Å². The Morgan fingerprint density at radius 2 is 1.83 bits per heavy atom. The molecule has 5 nitrogen and oxygen atoms in total. The molecule has 1 amide bonds. The van der Waals surface area contributed by atoms with Crippen LogP contribution < -0.4 is 5.32 Å². The lowest BCUT2D eigenvalue weighted by Gasteiger charge is -2.38. The molecule has 2 fully saturated rings. The number of carbonyl (C=O) groups excluding carboxylic acids is 1. The Morgan fingerprint density at radius 1 is 1.28 bits per heavy atom. The Balaban J connectivity index is 1.96. The second-order valence-corrected chi connectivity index (χ2v) is 5.75. The molecule has 2 aliphatic carbocycles. The number of amides is 1. The van der Waals surface area contributed by atoms with Gasteiger partial charge in [0.15, 0.2) is 0 Å². The number of carbonyl (C=O) groups is 1. The zero-order valence-electron chi connectivity index (χ0n) is 10.8. The number of fused-ring (bicyclic) bond motifs is 2. The number of nitrogens with one attached hydrogen (secondary N) is 1. The Kier molecular flexibility index (Phi) is 3.94. The first-order valence-electron chi connectivity index (χ1n) is 6.83. The highest BCUT2D eigenvalue weighted by Gasteiger charge is 2.55. The number of hydrogen-bond acceptors (Lipinski definition) is 4. The van der Waals surface area contributed by atoms with Crippen molar-refractivity contribution in [1.82, 2.24) is 5.32 Å². The van der Waals surface area contributed by atoms with Crippen LogP contribution in [-0.4, -0.2) is 45.6 Å². The van der Waals surface area contributed by atoms with E-state index in [4.69, 9.17) is 5.11 Å². The van der Waals surface area contributed by atoms with Crippen LogP contribution in [0.5, 0.6) is 0 Å². The maximum absolute atomic E-state index is 12.2. The number of hydrogen-bond donors (Lipinski definition) is 4. The van der Waals surface area contributed by atoms with E-state index in [0.717, 1.165) is 32.1 Å². The zero-order chi connectivity index (χ0) is 13.3. The van der Waals surface area contributed by atoms with E-state index in [1.807, 2.05) is 0 Å². The van der Waals surface area contributed by atoms with Gasteiger partial charge in [0.05, 0.1) is 12.2 Å². The van der Waals surface area contributed by atoms with E-state index in [1.165, 1.54) is 6.92 Å². The van der Waals surface area contributed by atoms with Crippen molar-refractivity contribution in [2.75, 3.05) is 6.54 Å². The molecule has 104 valence electrons. The van der Waals surface area contributed by atoms with E-state index in [0.29, 0.717) is 0 Å². The molecule has 0 aromatic rings. The molecule has 0 aliphatic heterocycles. The van der Waals surface area contributed by atoms with Gasteiger partial charge in [0.2, 0.25) is 0 Å². The highest BCUT2D eigenvalue weighted by atomic mass is 16.3. The Hall–Kier alpha value is -0.650. The second-order valence-electron chi connectivity index (χ2n) is 5.75. The lowest BCUT2D eigenvalue weighted by atomic mass is 9.74. The summed E-state index contributed by atoms with van der Waals surface area (Å²) in [5.41, 5.74) is -1.25. The zero-order valence-corrected chi connectivity index (χ0v) is 10.8. The molecular weight excluding hydrogens is 234 g/mol. The van der Waals surface area contributed by atoms with Gasteiger partial charge in [0, 0.05) is 6.54 Å². The van der Waals surface area contributed by atoms with E-state index in [-0.39, 0.29) is 24.3 Å². The maximum atomic E-state index is 12.2. The van der Waals surface area contributed by atoms with Gasteiger partial charge in [-0.2, -0.15) is 0 Å². The molecule has 5 atom stereocenters. The van der Waals surface area contributed by atoms with Gasteiger partial charge in [-0.05, 0) is 44.4 Å². The van der Waals surface area contributed by atoms with Gasteiger partial charge in [-0.25, -0.2) is 0 Å². The first-order valence-corrected chi connectivity index (χ1v) is 6.83. The molecule has 0 aromatic heterocycles. The SMILES string of the molecule is CC(O)C(O)CNC(=O)C1(O)C2CCC[C@@H]1CC2. The predicted octanol–water partition coefficient (Wildman–Crippen LogP) is -0.215. The summed E-state index contributed by atoms with van der Waals surface area (Å²) in [7, 11) is 0. The van der Waals surface area contributed by atoms with E-state index >= 15 is 0 Å². The van der Waals surface area contributed by atoms with Gasteiger partial charge < -0.3 is 20.6 Å². The van der Waals surface area contributed by atoms with Crippen molar-refractivity contribution in [2.24, 2.45) is 11.8 Å². The molecule has 0 saturated heterocycles. The molecule has 2 bridgehead atoms. The van der Waals surface area contributed by atoms with Crippen LogP contribution >= 0.6 is 0 Å². The summed E-state index contributed by atoms with van der Waals surface area (Å²) in [5.74, 6) is -0.269. The van der Waals surface area contributed by atoms with Gasteiger partial charge in [-0.1, -0.05) is 6.42 Å². The molecule has 2 aliphatic rings. The van der Waals surface area contributed by atoms with Gasteiger partial charge in [0.25, 0.3) is 5.91 Å². The molecule has 2 rings (SSSR count). The summed E-state index contributed by atoms with van der Waals surface area (Å²) >= 11 is 0. The van der Waals surface area contributed by atoms with Crippen molar-refractivity contribution >= 4 is 5.91 Å². The summed E-state index contributed by atoms with van der Waals surface area (Å²) in [6, 6.07) is 0. The summed E-state index contributed by atoms with van der Waals surface area (Å²) in [4.78, 5) is 12.2. The molecule has 0 aromatic carbocycles. The lowest BCUT2D eigenvalue weighted by molar-refractivity contribution is -0.153. The van der Waals surface area contributed by atoms with Crippen LogP contribution in [0.15, 0.2) is 0 Å². The fourth-order valence-electron chi connectivity index (χ4n) is 3.40. The van der Waals surface area contributed by atoms with E-state index < -0.39 is 17.8 Å². The topological polar surface area (TPSA) is 89.8 Å². The highest BCUT2D eigenvalue weighted by molar-refractivity contribution is 5.86. The standard InChI is InChI=1S/C13H23NO4/c1-8(15)11(16)7-14-12(17)13(18)9-3-2-4-10(13)6-5-9/h8-11,15-16,18H,2-7H2,1H3,(H,14,17)/t8?,9-,10?,11?,13?/m1/s1. The van der Waals surface area contributed by atoms with E-state index in [1.54, 1.807) is 0 Å². The minimum Gasteiger partial charge on any atom is -0.391 e. The minimum absolute atomic E-state index is 0.0156. The van der Waals surface area contributed by atoms with Crippen LogP contribution in [0, 0.1) is 11.8 Å². The predicted molar refractivity (Wildman–Crippen MR) is 65.7 cm³/mol. The molecule has 4 N–H and O–H groups in total. The molecule has 4 unspecified atom stereocenters. The molecular formula is C13H23NO4. The van der Waals surface area contributed by atoms with Crippen molar-refractivity contribution in [3.63, 3.8) is 0 Å². The Labute approximate surface area is 107 Å². The minimum atomic E-state index is -1.25. The summed E-state index contributed by atoms with van der Waals surface area (Å²) in [6.45, 7) is 1.45. The highest BCUT2D eigenvalue weighted by Crippen LogP contribution is 2.49. The van der Waals surface area contributed by atoms with Crippen LogP contribution in [0.3, 0.4) is 0 Å². The number of aliphatic hydroxyl groups excluding tert-OH is 2. The average Bonchev–Trinajstić information content (AvgIpc) is 2.56. The van der Waals surface area contributed by atoms with E-state index in [9.17, 15) is 15.0 Å². The second kappa shape index (κ2) is 5.15. The quantitative estimate of drug-likeness (QED) is 0.561. The number of rotatable bonds is 4. The van der Waals surface area contributed by atoms with Gasteiger partial charge in [-0.15, -0.1) is 0 Å². The maximum Gasteiger partial charge on any atom is 0.252 e. The third kappa shape index (κ3) is 2.27. The van der Waals surface area contributed by atoms with Crippen molar-refractivity contribution in [3.05, 3.63) is 0 Å². The average molecular weight is 257 g/mol. The summed E-state index contributed by atoms with van der Waals surface area (Å²) in [6.07, 6.45) is 2.84. The third-order valence-electron chi connectivity index (χ3n) is 4.61. The van der Waals surface area contributed by atoms with Crippen LogP contribution in [-0.2, 0) is 4.79 Å². The Bertz CT molecular complexity index is 302. The van der Waals surface area contributed by atoms with Crippen LogP contribution in [0.4, 0.5) is 0 Å². The molecule has 5 heteroatoms. The largest absolute Gasteiger partial charge is 0.391 e. The first kappa shape index (κ1) is 13.8. The Morgan fingerprint density at radius 3 is 2.33 bits per heavy atom. The van der Waals surface area contributed by atoms with E-state index in [2.05, 4.69) is 5.32 Å². The van der Waals surface area contributed by atoms with Crippen molar-refractivity contribution in [1.29, 1.82) is 0 Å². The molecule has 18 heavy (non-hydrogen) atoms. The first-order chi connectivity index (χ1) is 8.46. The van der Waals surface area contributed by atoms with Crippen LogP contribution in [0.25, 0.3) is 0 Å². The lowest BCUT2D eigenvalue weighted by Crippen LogP contribution is -2.56. The fraction of sp³-hybridized carbons (Fsp3) is 0.923. The smallest absolute Gasteiger partial charge is 0.252 e. The van der Waals surface area contributed by atoms with Gasteiger partial charge >= 0.3 is 0 Å². The monoisotopic (exact) mass is 257 g/mol. The summed E-state index contributed by atoms with van der Waals surface area (Å²) < 4.78 is 0. The normalized spacial score (nSPS) is 38.2. The molecule has 0 radical (unpaired) electrons. The van der Waals surface area contributed by atoms with Crippen molar-refractivity contribution < 1.29 is 20.1 Å². The van der Waals surface area contributed by atoms with Gasteiger partial charge in [0.1, 0.15) is 5.60 Å². The van der Waals surface area contributed by atoms with Crippen molar-refractivity contribution in [3.8, 4) is 0 Å².